The summed E-state index contributed by atoms with van der Waals surface area (Å²) < 4.78 is 6.80. The molecule has 8 heteroatoms. The minimum atomic E-state index is -0.334. The third-order valence-electron chi connectivity index (χ3n) is 5.42. The number of fused-ring (bicyclic) bond motifs is 1. The summed E-state index contributed by atoms with van der Waals surface area (Å²) in [6.07, 6.45) is 1.84. The number of amides is 1. The molecule has 1 saturated heterocycles. The van der Waals surface area contributed by atoms with E-state index in [0.29, 0.717) is 52.5 Å². The second-order valence-corrected chi connectivity index (χ2v) is 10.1. The molecule has 1 aliphatic rings. The van der Waals surface area contributed by atoms with Crippen molar-refractivity contribution in [1.29, 1.82) is 0 Å². The summed E-state index contributed by atoms with van der Waals surface area (Å²) in [5.41, 5.74) is 0.438. The van der Waals surface area contributed by atoms with Crippen molar-refractivity contribution in [3.05, 3.63) is 33.6 Å². The van der Waals surface area contributed by atoms with E-state index < -0.39 is 0 Å². The normalized spacial score (nSPS) is 20.5. The van der Waals surface area contributed by atoms with Crippen LogP contribution < -0.4 is 5.56 Å². The number of nitrogens with zero attached hydrogens (tertiary/aromatic N) is 3. The first kappa shape index (κ1) is 23.1. The van der Waals surface area contributed by atoms with Crippen molar-refractivity contribution in [3.8, 4) is 0 Å². The number of carbonyl (C=O) groups is 1. The Labute approximate surface area is 186 Å². The highest BCUT2D eigenvalue weighted by molar-refractivity contribution is 8.00. The lowest BCUT2D eigenvalue weighted by Gasteiger charge is -2.36. The molecule has 0 saturated carbocycles. The molecule has 3 atom stereocenters. The maximum atomic E-state index is 13.1. The SMILES string of the molecule is COCCCn1c(SC(C)C(=O)N2CC(C)CC(C)C2)nc2cc(Cl)ccc2c1=O. The molecule has 3 unspecified atom stereocenters. The maximum absolute atomic E-state index is 13.1. The van der Waals surface area contributed by atoms with E-state index in [9.17, 15) is 9.59 Å². The molecule has 3 rings (SSSR count). The van der Waals surface area contributed by atoms with Crippen molar-refractivity contribution >= 4 is 40.2 Å². The Morgan fingerprint density at radius 1 is 1.33 bits per heavy atom. The van der Waals surface area contributed by atoms with Gasteiger partial charge in [0.05, 0.1) is 16.2 Å². The Morgan fingerprint density at radius 2 is 2.03 bits per heavy atom. The van der Waals surface area contributed by atoms with Crippen LogP contribution in [0.2, 0.25) is 5.02 Å². The van der Waals surface area contributed by atoms with Crippen LogP contribution in [0.25, 0.3) is 10.9 Å². The quantitative estimate of drug-likeness (QED) is 0.360. The second-order valence-electron chi connectivity index (χ2n) is 8.31. The first-order valence-electron chi connectivity index (χ1n) is 10.4. The number of aromatic nitrogens is 2. The first-order valence-corrected chi connectivity index (χ1v) is 11.7. The molecule has 1 aromatic heterocycles. The molecule has 1 aliphatic heterocycles. The molecule has 2 heterocycles. The first-order chi connectivity index (χ1) is 14.3. The number of likely N-dealkylation sites (tertiary alicyclic amines) is 1. The summed E-state index contributed by atoms with van der Waals surface area (Å²) in [6, 6.07) is 5.10. The Hall–Kier alpha value is -1.57. The number of piperidine rings is 1. The minimum Gasteiger partial charge on any atom is -0.385 e. The molecule has 1 aromatic carbocycles. The van der Waals surface area contributed by atoms with Gasteiger partial charge in [0, 0.05) is 38.4 Å². The molecule has 2 aromatic rings. The van der Waals surface area contributed by atoms with Crippen LogP contribution >= 0.6 is 23.4 Å². The van der Waals surface area contributed by atoms with Gasteiger partial charge in [-0.15, -0.1) is 0 Å². The summed E-state index contributed by atoms with van der Waals surface area (Å²) in [6.45, 7) is 8.88. The van der Waals surface area contributed by atoms with Crippen molar-refractivity contribution in [2.75, 3.05) is 26.8 Å². The predicted octanol–water partition coefficient (Wildman–Crippen LogP) is 4.07. The lowest BCUT2D eigenvalue weighted by Crippen LogP contribution is -2.45. The number of methoxy groups -OCH3 is 1. The van der Waals surface area contributed by atoms with E-state index in [-0.39, 0.29) is 16.7 Å². The summed E-state index contributed by atoms with van der Waals surface area (Å²) in [4.78, 5) is 32.9. The smallest absolute Gasteiger partial charge is 0.262 e. The van der Waals surface area contributed by atoms with Crippen molar-refractivity contribution in [2.45, 2.75) is 50.6 Å². The van der Waals surface area contributed by atoms with Gasteiger partial charge >= 0.3 is 0 Å². The average molecular weight is 452 g/mol. The topological polar surface area (TPSA) is 64.4 Å². The largest absolute Gasteiger partial charge is 0.385 e. The third kappa shape index (κ3) is 5.37. The fourth-order valence-electron chi connectivity index (χ4n) is 4.14. The zero-order chi connectivity index (χ0) is 21.8. The number of halogens is 1. The highest BCUT2D eigenvalue weighted by atomic mass is 35.5. The molecular formula is C22H30ClN3O3S. The van der Waals surface area contributed by atoms with E-state index in [1.807, 2.05) is 11.8 Å². The van der Waals surface area contributed by atoms with Crippen molar-refractivity contribution in [2.24, 2.45) is 11.8 Å². The fourth-order valence-corrected chi connectivity index (χ4v) is 5.32. The Morgan fingerprint density at radius 3 is 2.70 bits per heavy atom. The second kappa shape index (κ2) is 10.2. The summed E-state index contributed by atoms with van der Waals surface area (Å²) >= 11 is 7.46. The number of hydrogen-bond acceptors (Lipinski definition) is 5. The van der Waals surface area contributed by atoms with Crippen LogP contribution in [-0.2, 0) is 16.1 Å². The van der Waals surface area contributed by atoms with Crippen molar-refractivity contribution in [3.63, 3.8) is 0 Å². The third-order valence-corrected chi connectivity index (χ3v) is 6.74. The number of rotatable bonds is 7. The van der Waals surface area contributed by atoms with Gasteiger partial charge in [-0.1, -0.05) is 37.2 Å². The standard InChI is InChI=1S/C22H30ClN3O3S/c1-14-10-15(2)13-25(12-14)20(27)16(3)30-22-24-19-11-17(23)6-7-18(19)21(28)26(22)8-5-9-29-4/h6-7,11,14-16H,5,8-10,12-13H2,1-4H3. The number of carbonyl (C=O) groups excluding carboxylic acids is 1. The molecule has 1 amide bonds. The molecule has 6 nitrogen and oxygen atoms in total. The monoisotopic (exact) mass is 451 g/mol. The van der Waals surface area contributed by atoms with Crippen LogP contribution in [0.15, 0.2) is 28.2 Å². The fraction of sp³-hybridized carbons (Fsp3) is 0.591. The van der Waals surface area contributed by atoms with Crippen molar-refractivity contribution < 1.29 is 9.53 Å². The van der Waals surface area contributed by atoms with E-state index in [2.05, 4.69) is 13.8 Å². The van der Waals surface area contributed by atoms with Crippen LogP contribution in [0.1, 0.15) is 33.6 Å². The number of benzene rings is 1. The van der Waals surface area contributed by atoms with E-state index in [0.717, 1.165) is 19.5 Å². The lowest BCUT2D eigenvalue weighted by atomic mass is 9.92. The molecule has 0 N–H and O–H groups in total. The van der Waals surface area contributed by atoms with Gasteiger partial charge < -0.3 is 9.64 Å². The van der Waals surface area contributed by atoms with Gasteiger partial charge in [0.25, 0.3) is 5.56 Å². The minimum absolute atomic E-state index is 0.0993. The van der Waals surface area contributed by atoms with E-state index >= 15 is 0 Å². The van der Waals surface area contributed by atoms with Gasteiger partial charge in [-0.3, -0.25) is 14.2 Å². The van der Waals surface area contributed by atoms with Gasteiger partial charge in [0.15, 0.2) is 5.16 Å². The van der Waals surface area contributed by atoms with E-state index in [4.69, 9.17) is 21.3 Å². The van der Waals surface area contributed by atoms with E-state index in [1.165, 1.54) is 11.8 Å². The average Bonchev–Trinajstić information content (AvgIpc) is 2.68. The molecule has 0 bridgehead atoms. The lowest BCUT2D eigenvalue weighted by molar-refractivity contribution is -0.132. The Bertz CT molecular complexity index is 955. The molecule has 0 radical (unpaired) electrons. The number of ether oxygens (including phenoxy) is 1. The highest BCUT2D eigenvalue weighted by Gasteiger charge is 2.29. The van der Waals surface area contributed by atoms with Crippen molar-refractivity contribution in [1.82, 2.24) is 14.5 Å². The Kier molecular flexibility index (Phi) is 7.82. The Balaban J connectivity index is 1.89. The molecular weight excluding hydrogens is 422 g/mol. The summed E-state index contributed by atoms with van der Waals surface area (Å²) in [5.74, 6) is 1.11. The zero-order valence-electron chi connectivity index (χ0n) is 18.1. The van der Waals surface area contributed by atoms with Gasteiger partial charge in [-0.25, -0.2) is 4.98 Å². The maximum Gasteiger partial charge on any atom is 0.262 e. The molecule has 30 heavy (non-hydrogen) atoms. The van der Waals surface area contributed by atoms with Crippen LogP contribution in [-0.4, -0.2) is 52.4 Å². The van der Waals surface area contributed by atoms with Gasteiger partial charge in [-0.2, -0.15) is 0 Å². The van der Waals surface area contributed by atoms with E-state index in [1.54, 1.807) is 29.9 Å². The zero-order valence-corrected chi connectivity index (χ0v) is 19.6. The molecule has 0 aliphatic carbocycles. The summed E-state index contributed by atoms with van der Waals surface area (Å²) in [7, 11) is 1.64. The predicted molar refractivity (Wildman–Crippen MR) is 122 cm³/mol. The van der Waals surface area contributed by atoms with Crippen LogP contribution in [0.5, 0.6) is 0 Å². The molecule has 0 spiro atoms. The summed E-state index contributed by atoms with van der Waals surface area (Å²) in [5, 5.41) is 1.27. The van der Waals surface area contributed by atoms with Gasteiger partial charge in [-0.05, 0) is 49.8 Å². The van der Waals surface area contributed by atoms with Crippen LogP contribution in [0, 0.1) is 11.8 Å². The molecule has 164 valence electrons. The van der Waals surface area contributed by atoms with Crippen LogP contribution in [0.4, 0.5) is 0 Å². The van der Waals surface area contributed by atoms with Gasteiger partial charge in [0.2, 0.25) is 5.91 Å². The van der Waals surface area contributed by atoms with Gasteiger partial charge in [0.1, 0.15) is 0 Å². The number of hydrogen-bond donors (Lipinski definition) is 0. The van der Waals surface area contributed by atoms with Crippen LogP contribution in [0.3, 0.4) is 0 Å². The highest BCUT2D eigenvalue weighted by Crippen LogP contribution is 2.28. The number of thioether (sulfide) groups is 1. The molecule has 1 fully saturated rings.